The van der Waals surface area contributed by atoms with Gasteiger partial charge in [0.2, 0.25) is 0 Å². The highest BCUT2D eigenvalue weighted by Gasteiger charge is 2.30. The predicted octanol–water partition coefficient (Wildman–Crippen LogP) is 1.83. The molecule has 2 aliphatic carbocycles. The number of amides is 2. The highest BCUT2D eigenvalue weighted by atomic mass is 16.5. The Morgan fingerprint density at radius 2 is 1.23 bits per heavy atom. The maximum Gasteiger partial charge on any atom is 0.338 e. The highest BCUT2D eigenvalue weighted by Crippen LogP contribution is 2.32. The SMILES string of the molecule is C[C@H](NC(=O)COC(=O)c1cccc(C(=O)OCC(=O)N[C@H](C)C2CC2)c1)C1CC1. The minimum absolute atomic E-state index is 0.0683. The largest absolute Gasteiger partial charge is 0.452 e. The van der Waals surface area contributed by atoms with E-state index in [0.29, 0.717) is 11.8 Å². The molecule has 2 amide bonds. The Balaban J connectivity index is 1.44. The van der Waals surface area contributed by atoms with Crippen molar-refractivity contribution >= 4 is 23.8 Å². The third-order valence-electron chi connectivity index (χ3n) is 5.44. The number of hydrogen-bond donors (Lipinski definition) is 2. The van der Waals surface area contributed by atoms with E-state index in [-0.39, 0.29) is 48.2 Å². The van der Waals surface area contributed by atoms with Crippen LogP contribution in [-0.2, 0) is 19.1 Å². The molecule has 8 nitrogen and oxygen atoms in total. The Morgan fingerprint density at radius 1 is 0.833 bits per heavy atom. The lowest BCUT2D eigenvalue weighted by molar-refractivity contribution is -0.125. The first-order valence-electron chi connectivity index (χ1n) is 10.4. The summed E-state index contributed by atoms with van der Waals surface area (Å²) in [7, 11) is 0. The van der Waals surface area contributed by atoms with E-state index in [0.717, 1.165) is 25.7 Å². The van der Waals surface area contributed by atoms with Gasteiger partial charge < -0.3 is 20.1 Å². The Hall–Kier alpha value is -2.90. The third kappa shape index (κ3) is 6.57. The van der Waals surface area contributed by atoms with Crippen LogP contribution < -0.4 is 10.6 Å². The second kappa shape index (κ2) is 9.73. The molecule has 2 atom stereocenters. The molecule has 0 spiro atoms. The monoisotopic (exact) mass is 416 g/mol. The first kappa shape index (κ1) is 21.8. The summed E-state index contributed by atoms with van der Waals surface area (Å²) in [5, 5.41) is 5.60. The van der Waals surface area contributed by atoms with Crippen molar-refractivity contribution in [3.05, 3.63) is 35.4 Å². The van der Waals surface area contributed by atoms with Gasteiger partial charge in [-0.3, -0.25) is 9.59 Å². The fourth-order valence-corrected chi connectivity index (χ4v) is 3.22. The van der Waals surface area contributed by atoms with Gasteiger partial charge in [-0.15, -0.1) is 0 Å². The Kier molecular flexibility index (Phi) is 7.07. The Bertz CT molecular complexity index is 752. The lowest BCUT2D eigenvalue weighted by Gasteiger charge is -2.13. The third-order valence-corrected chi connectivity index (χ3v) is 5.44. The van der Waals surface area contributed by atoms with Gasteiger partial charge in [0.05, 0.1) is 11.1 Å². The molecule has 3 rings (SSSR count). The molecule has 162 valence electrons. The molecule has 2 fully saturated rings. The minimum atomic E-state index is -0.713. The average molecular weight is 416 g/mol. The second-order valence-corrected chi connectivity index (χ2v) is 8.12. The van der Waals surface area contributed by atoms with E-state index >= 15 is 0 Å². The standard InChI is InChI=1S/C22H28N2O6/c1-13(15-6-7-15)23-19(25)11-29-21(27)17-4-3-5-18(10-17)22(28)30-12-20(26)24-14(2)16-8-9-16/h3-5,10,13-16H,6-9,11-12H2,1-2H3,(H,23,25)(H,24,26)/t13-,14+. The zero-order chi connectivity index (χ0) is 21.7. The van der Waals surface area contributed by atoms with E-state index in [1.165, 1.54) is 24.3 Å². The van der Waals surface area contributed by atoms with Crippen LogP contribution in [0.5, 0.6) is 0 Å². The van der Waals surface area contributed by atoms with Crippen molar-refractivity contribution in [3.8, 4) is 0 Å². The van der Waals surface area contributed by atoms with Gasteiger partial charge in [-0.05, 0) is 69.6 Å². The summed E-state index contributed by atoms with van der Waals surface area (Å²) in [6.45, 7) is 3.09. The molecule has 8 heteroatoms. The molecular weight excluding hydrogens is 388 g/mol. The molecule has 0 unspecified atom stereocenters. The maximum absolute atomic E-state index is 12.2. The number of benzene rings is 1. The van der Waals surface area contributed by atoms with E-state index in [4.69, 9.17) is 9.47 Å². The summed E-state index contributed by atoms with van der Waals surface area (Å²) < 4.78 is 10.1. The van der Waals surface area contributed by atoms with Gasteiger partial charge >= 0.3 is 11.9 Å². The van der Waals surface area contributed by atoms with E-state index in [2.05, 4.69) is 10.6 Å². The zero-order valence-corrected chi connectivity index (χ0v) is 17.3. The topological polar surface area (TPSA) is 111 Å². The van der Waals surface area contributed by atoms with Crippen molar-refractivity contribution < 1.29 is 28.7 Å². The van der Waals surface area contributed by atoms with Crippen molar-refractivity contribution in [1.29, 1.82) is 0 Å². The molecule has 0 bridgehead atoms. The maximum atomic E-state index is 12.2. The van der Waals surface area contributed by atoms with Gasteiger partial charge in [0, 0.05) is 12.1 Å². The lowest BCUT2D eigenvalue weighted by Crippen LogP contribution is -2.37. The van der Waals surface area contributed by atoms with Crippen LogP contribution in [0.25, 0.3) is 0 Å². The van der Waals surface area contributed by atoms with Crippen LogP contribution in [0.15, 0.2) is 24.3 Å². The summed E-state index contributed by atoms with van der Waals surface area (Å²) in [4.78, 5) is 48.1. The lowest BCUT2D eigenvalue weighted by atomic mass is 10.1. The van der Waals surface area contributed by atoms with Crippen molar-refractivity contribution in [2.45, 2.75) is 51.6 Å². The molecule has 2 saturated carbocycles. The molecule has 30 heavy (non-hydrogen) atoms. The van der Waals surface area contributed by atoms with Crippen LogP contribution in [-0.4, -0.2) is 49.1 Å². The first-order valence-corrected chi connectivity index (χ1v) is 10.4. The number of carbonyl (C=O) groups excluding carboxylic acids is 4. The van der Waals surface area contributed by atoms with Crippen molar-refractivity contribution in [3.63, 3.8) is 0 Å². The van der Waals surface area contributed by atoms with Crippen LogP contribution >= 0.6 is 0 Å². The van der Waals surface area contributed by atoms with Crippen LogP contribution in [0.4, 0.5) is 0 Å². The smallest absolute Gasteiger partial charge is 0.338 e. The van der Waals surface area contributed by atoms with Crippen LogP contribution in [0.1, 0.15) is 60.2 Å². The van der Waals surface area contributed by atoms with Crippen molar-refractivity contribution in [2.24, 2.45) is 11.8 Å². The zero-order valence-electron chi connectivity index (χ0n) is 17.3. The Labute approximate surface area is 175 Å². The molecule has 0 aromatic heterocycles. The number of rotatable bonds is 10. The minimum Gasteiger partial charge on any atom is -0.452 e. The summed E-state index contributed by atoms with van der Waals surface area (Å²) in [6.07, 6.45) is 4.41. The van der Waals surface area contributed by atoms with E-state index in [9.17, 15) is 19.2 Å². The molecule has 0 heterocycles. The molecular formula is C22H28N2O6. The van der Waals surface area contributed by atoms with Gasteiger partial charge in [-0.1, -0.05) is 6.07 Å². The van der Waals surface area contributed by atoms with Gasteiger partial charge in [0.25, 0.3) is 11.8 Å². The van der Waals surface area contributed by atoms with E-state index in [1.807, 2.05) is 13.8 Å². The molecule has 1 aromatic carbocycles. The normalized spacial score (nSPS) is 17.4. The predicted molar refractivity (Wildman–Crippen MR) is 108 cm³/mol. The van der Waals surface area contributed by atoms with Gasteiger partial charge in [0.1, 0.15) is 0 Å². The number of nitrogens with one attached hydrogen (secondary N) is 2. The molecule has 0 aliphatic heterocycles. The van der Waals surface area contributed by atoms with Crippen molar-refractivity contribution in [1.82, 2.24) is 10.6 Å². The fraction of sp³-hybridized carbons (Fsp3) is 0.545. The summed E-state index contributed by atoms with van der Waals surface area (Å²) >= 11 is 0. The van der Waals surface area contributed by atoms with Crippen LogP contribution in [0.3, 0.4) is 0 Å². The second-order valence-electron chi connectivity index (χ2n) is 8.12. The molecule has 0 saturated heterocycles. The highest BCUT2D eigenvalue weighted by molar-refractivity contribution is 5.96. The van der Waals surface area contributed by atoms with Gasteiger partial charge in [-0.2, -0.15) is 0 Å². The fourth-order valence-electron chi connectivity index (χ4n) is 3.22. The molecule has 0 radical (unpaired) electrons. The molecule has 1 aromatic rings. The average Bonchev–Trinajstić information content (AvgIpc) is 3.62. The summed E-state index contributed by atoms with van der Waals surface area (Å²) in [5.74, 6) is -1.13. The van der Waals surface area contributed by atoms with Gasteiger partial charge in [-0.25, -0.2) is 9.59 Å². The summed E-state index contributed by atoms with van der Waals surface area (Å²) in [5.41, 5.74) is 0.249. The molecule has 2 N–H and O–H groups in total. The van der Waals surface area contributed by atoms with E-state index in [1.54, 1.807) is 0 Å². The van der Waals surface area contributed by atoms with Crippen molar-refractivity contribution in [2.75, 3.05) is 13.2 Å². The summed E-state index contributed by atoms with van der Waals surface area (Å²) in [6, 6.07) is 5.93. The van der Waals surface area contributed by atoms with Gasteiger partial charge in [0.15, 0.2) is 13.2 Å². The number of ether oxygens (including phenoxy) is 2. The van der Waals surface area contributed by atoms with Crippen LogP contribution in [0.2, 0.25) is 0 Å². The quantitative estimate of drug-likeness (QED) is 0.563. The van der Waals surface area contributed by atoms with Crippen LogP contribution in [0, 0.1) is 11.8 Å². The number of carbonyl (C=O) groups is 4. The number of esters is 2. The Morgan fingerprint density at radius 3 is 1.60 bits per heavy atom. The number of hydrogen-bond acceptors (Lipinski definition) is 6. The van der Waals surface area contributed by atoms with E-state index < -0.39 is 11.9 Å². The first-order chi connectivity index (χ1) is 14.3. The molecule has 2 aliphatic rings.